The number of carbonyl (C=O) groups excluding carboxylic acids is 2. The van der Waals surface area contributed by atoms with Gasteiger partial charge in [-0.2, -0.15) is 0 Å². The summed E-state index contributed by atoms with van der Waals surface area (Å²) >= 11 is 0. The van der Waals surface area contributed by atoms with Crippen LogP contribution in [0.3, 0.4) is 0 Å². The van der Waals surface area contributed by atoms with Gasteiger partial charge in [0.25, 0.3) is 0 Å². The second-order valence-electron chi connectivity index (χ2n) is 14.8. The second-order valence-corrected chi connectivity index (χ2v) is 14.8. The molecule has 1 atom stereocenters. The number of unbranched alkanes of at least 4 members (excludes halogenated alkanes) is 17. The van der Waals surface area contributed by atoms with Gasteiger partial charge in [0.1, 0.15) is 0 Å². The maximum atomic E-state index is 12.0. The molecule has 12 nitrogen and oxygen atoms in total. The van der Waals surface area contributed by atoms with Crippen molar-refractivity contribution in [3.63, 3.8) is 0 Å². The zero-order valence-electron chi connectivity index (χ0n) is 37.1. The van der Waals surface area contributed by atoms with Crippen molar-refractivity contribution < 1.29 is 58.7 Å². The largest absolute Gasteiger partial charge is 0.481 e. The molecule has 0 amide bonds. The first-order valence-corrected chi connectivity index (χ1v) is 22.5. The third-order valence-electron chi connectivity index (χ3n) is 9.12. The van der Waals surface area contributed by atoms with E-state index in [4.69, 9.17) is 24.8 Å². The molecule has 0 spiro atoms. The van der Waals surface area contributed by atoms with E-state index in [2.05, 4.69) is 41.5 Å². The highest BCUT2D eigenvalue weighted by Crippen LogP contribution is 2.22. The fourth-order valence-corrected chi connectivity index (χ4v) is 5.50. The van der Waals surface area contributed by atoms with E-state index in [-0.39, 0.29) is 25.2 Å². The molecule has 1 unspecified atom stereocenters. The van der Waals surface area contributed by atoms with E-state index in [0.29, 0.717) is 38.5 Å². The number of carbonyl (C=O) groups is 6. The zero-order valence-corrected chi connectivity index (χ0v) is 37.1. The van der Waals surface area contributed by atoms with Gasteiger partial charge < -0.3 is 29.9 Å². The number of hydrogen-bond acceptors (Lipinski definition) is 8. The normalized spacial score (nSPS) is 10.8. The molecule has 0 fully saturated rings. The van der Waals surface area contributed by atoms with Gasteiger partial charge in [0.15, 0.2) is 0 Å². The summed E-state index contributed by atoms with van der Waals surface area (Å²) in [5.41, 5.74) is 0. The van der Waals surface area contributed by atoms with Gasteiger partial charge in [-0.15, -0.1) is 0 Å². The smallest absolute Gasteiger partial charge is 0.307 e. The van der Waals surface area contributed by atoms with E-state index < -0.39 is 35.7 Å². The standard InChI is InChI=1S/C24H44O6.3C7H14O2/c1-4-7-10-13-16-22(25)29-18-20(21(24(27)28)15-12-9-6-3)19-30-23(26)17-14-11-8-5-2;3*1-2-3-4-5-6-7(8)9/h20-21H,4-19H2,1-3H3,(H,27,28);3*2-6H2,1H3,(H,8,9). The van der Waals surface area contributed by atoms with Gasteiger partial charge in [0.2, 0.25) is 0 Å². The summed E-state index contributed by atoms with van der Waals surface area (Å²) in [4.78, 5) is 65.8. The Labute approximate surface area is 346 Å². The van der Waals surface area contributed by atoms with Gasteiger partial charge in [-0.1, -0.05) is 157 Å². The topological polar surface area (TPSA) is 202 Å². The van der Waals surface area contributed by atoms with Crippen molar-refractivity contribution in [2.24, 2.45) is 11.8 Å². The summed E-state index contributed by atoms with van der Waals surface area (Å²) in [6.07, 6.45) is 25.5. The molecular weight excluding hydrogens is 732 g/mol. The van der Waals surface area contributed by atoms with Gasteiger partial charge in [-0.05, 0) is 38.5 Å². The Bertz CT molecular complexity index is 872. The van der Waals surface area contributed by atoms with Crippen LogP contribution in [0.5, 0.6) is 0 Å². The summed E-state index contributed by atoms with van der Waals surface area (Å²) in [7, 11) is 0. The van der Waals surface area contributed by atoms with Crippen molar-refractivity contribution in [1.29, 1.82) is 0 Å². The molecule has 0 aliphatic rings. The third-order valence-corrected chi connectivity index (χ3v) is 9.12. The number of ether oxygens (including phenoxy) is 2. The second kappa shape index (κ2) is 49.0. The van der Waals surface area contributed by atoms with E-state index in [1.165, 1.54) is 19.3 Å². The summed E-state index contributed by atoms with van der Waals surface area (Å²) < 4.78 is 10.7. The minimum absolute atomic E-state index is 0.0151. The van der Waals surface area contributed by atoms with E-state index in [0.717, 1.165) is 128 Å². The average molecular weight is 819 g/mol. The summed E-state index contributed by atoms with van der Waals surface area (Å²) in [5, 5.41) is 34.3. The summed E-state index contributed by atoms with van der Waals surface area (Å²) in [5.74, 6) is -4.76. The molecule has 12 heteroatoms. The predicted octanol–water partition coefficient (Wildman–Crippen LogP) is 12.0. The highest BCUT2D eigenvalue weighted by atomic mass is 16.5. The molecule has 0 aromatic heterocycles. The van der Waals surface area contributed by atoms with Gasteiger partial charge in [-0.3, -0.25) is 28.8 Å². The van der Waals surface area contributed by atoms with Gasteiger partial charge in [0, 0.05) is 38.0 Å². The lowest BCUT2D eigenvalue weighted by Crippen LogP contribution is -2.32. The molecule has 0 rings (SSSR count). The van der Waals surface area contributed by atoms with Crippen LogP contribution in [0.2, 0.25) is 0 Å². The van der Waals surface area contributed by atoms with Crippen LogP contribution in [0.25, 0.3) is 0 Å². The molecule has 4 N–H and O–H groups in total. The van der Waals surface area contributed by atoms with Crippen LogP contribution in [0.1, 0.15) is 228 Å². The van der Waals surface area contributed by atoms with E-state index in [1.54, 1.807) is 0 Å². The Kier molecular flexibility index (Phi) is 52.0. The molecular formula is C45H86O12. The van der Waals surface area contributed by atoms with Crippen LogP contribution in [0.15, 0.2) is 0 Å². The molecule has 0 saturated heterocycles. The lowest BCUT2D eigenvalue weighted by atomic mass is 9.88. The fraction of sp³-hybridized carbons (Fsp3) is 0.867. The molecule has 0 aromatic rings. The predicted molar refractivity (Wildman–Crippen MR) is 227 cm³/mol. The van der Waals surface area contributed by atoms with Crippen molar-refractivity contribution >= 4 is 35.8 Å². The van der Waals surface area contributed by atoms with Crippen LogP contribution >= 0.6 is 0 Å². The molecule has 0 bridgehead atoms. The van der Waals surface area contributed by atoms with Crippen molar-refractivity contribution in [3.05, 3.63) is 0 Å². The Morgan fingerprint density at radius 2 is 0.632 bits per heavy atom. The van der Waals surface area contributed by atoms with Gasteiger partial charge >= 0.3 is 35.8 Å². The zero-order chi connectivity index (χ0) is 44.0. The van der Waals surface area contributed by atoms with Crippen molar-refractivity contribution in [1.82, 2.24) is 0 Å². The average Bonchev–Trinajstić information content (AvgIpc) is 3.16. The first kappa shape index (κ1) is 60.5. The van der Waals surface area contributed by atoms with Crippen LogP contribution in [-0.4, -0.2) is 69.5 Å². The molecule has 0 aliphatic carbocycles. The van der Waals surface area contributed by atoms with E-state index in [1.807, 2.05) is 0 Å². The van der Waals surface area contributed by atoms with Crippen molar-refractivity contribution in [3.8, 4) is 0 Å². The van der Waals surface area contributed by atoms with E-state index >= 15 is 0 Å². The molecule has 0 heterocycles. The number of carboxylic acid groups (broad SMARTS) is 4. The Morgan fingerprint density at radius 3 is 0.877 bits per heavy atom. The Morgan fingerprint density at radius 1 is 0.368 bits per heavy atom. The number of esters is 2. The molecule has 0 saturated carbocycles. The highest BCUT2D eigenvalue weighted by Gasteiger charge is 2.30. The first-order chi connectivity index (χ1) is 27.3. The summed E-state index contributed by atoms with van der Waals surface area (Å²) in [6.45, 7) is 12.6. The number of hydrogen-bond donors (Lipinski definition) is 4. The highest BCUT2D eigenvalue weighted by molar-refractivity contribution is 5.72. The lowest BCUT2D eigenvalue weighted by molar-refractivity contribution is -0.157. The quantitative estimate of drug-likeness (QED) is 0.0349. The molecule has 0 aromatic carbocycles. The first-order valence-electron chi connectivity index (χ1n) is 22.5. The van der Waals surface area contributed by atoms with Crippen molar-refractivity contribution in [2.75, 3.05) is 13.2 Å². The van der Waals surface area contributed by atoms with Crippen LogP contribution < -0.4 is 0 Å². The van der Waals surface area contributed by atoms with Crippen LogP contribution in [0.4, 0.5) is 0 Å². The fourth-order valence-electron chi connectivity index (χ4n) is 5.50. The Balaban J connectivity index is -0.000000417. The van der Waals surface area contributed by atoms with E-state index in [9.17, 15) is 33.9 Å². The molecule has 0 aliphatic heterocycles. The molecule has 57 heavy (non-hydrogen) atoms. The maximum Gasteiger partial charge on any atom is 0.307 e. The SMILES string of the molecule is CCCCCCC(=O)O.CCCCCCC(=O)O.CCCCCCC(=O)O.CCCCCCC(=O)OCC(COC(=O)CCCCCC)C(CCCCC)C(=O)O. The minimum atomic E-state index is -0.922. The van der Waals surface area contributed by atoms with Gasteiger partial charge in [0.05, 0.1) is 19.1 Å². The van der Waals surface area contributed by atoms with Crippen LogP contribution in [-0.2, 0) is 38.2 Å². The van der Waals surface area contributed by atoms with Crippen molar-refractivity contribution in [2.45, 2.75) is 228 Å². The minimum Gasteiger partial charge on any atom is -0.481 e. The van der Waals surface area contributed by atoms with Gasteiger partial charge in [-0.25, -0.2) is 0 Å². The van der Waals surface area contributed by atoms with Crippen LogP contribution in [0, 0.1) is 11.8 Å². The number of rotatable bonds is 35. The Hall–Kier alpha value is -3.18. The number of aliphatic carboxylic acids is 4. The monoisotopic (exact) mass is 819 g/mol. The maximum absolute atomic E-state index is 12.0. The lowest BCUT2D eigenvalue weighted by Gasteiger charge is -2.23. The third kappa shape index (κ3) is 55.0. The number of carboxylic acids is 4. The summed E-state index contributed by atoms with van der Waals surface area (Å²) in [6, 6.07) is 0. The molecule has 0 radical (unpaired) electrons. The molecule has 338 valence electrons.